The second kappa shape index (κ2) is 12.1. The molecule has 1 aromatic carbocycles. The van der Waals surface area contributed by atoms with E-state index in [9.17, 15) is 29.2 Å². The fourth-order valence-corrected chi connectivity index (χ4v) is 5.32. The highest BCUT2D eigenvalue weighted by atomic mass is 32.2. The van der Waals surface area contributed by atoms with Crippen LogP contribution in [-0.2, 0) is 18.9 Å². The van der Waals surface area contributed by atoms with Gasteiger partial charge in [0.2, 0.25) is 5.91 Å². The van der Waals surface area contributed by atoms with Crippen LogP contribution in [0.3, 0.4) is 0 Å². The Bertz CT molecular complexity index is 1100. The largest absolute Gasteiger partial charge is 0.480 e. The number of thioether (sulfide) groups is 1. The number of carboxylic acids is 2. The minimum Gasteiger partial charge on any atom is -0.480 e. The van der Waals surface area contributed by atoms with Gasteiger partial charge in [0.05, 0.1) is 5.03 Å². The van der Waals surface area contributed by atoms with Crippen LogP contribution < -0.4 is 5.32 Å². The number of hydrogen-bond acceptors (Lipinski definition) is 5. The number of benzene rings is 1. The molecule has 5 N–H and O–H groups in total. The topological polar surface area (TPSA) is 166 Å². The predicted molar refractivity (Wildman–Crippen MR) is 134 cm³/mol. The molecule has 0 aliphatic carbocycles. The maximum atomic E-state index is 12.3. The number of unbranched alkanes of at least 4 members (excludes halogenated alkanes) is 2. The zero-order chi connectivity index (χ0) is 26.4. The number of nitrogens with one attached hydrogen (secondary N) is 1. The number of nitrogens with zero attached hydrogens (tertiary/aromatic N) is 1. The van der Waals surface area contributed by atoms with Gasteiger partial charge in [-0.1, -0.05) is 57.9 Å². The molecule has 194 valence electrons. The first kappa shape index (κ1) is 28.9. The van der Waals surface area contributed by atoms with Gasteiger partial charge in [-0.2, -0.15) is 0 Å². The van der Waals surface area contributed by atoms with Gasteiger partial charge in [0.15, 0.2) is 0 Å². The fraction of sp³-hybridized carbons (Fsp3) is 0.522. The Morgan fingerprint density at radius 2 is 1.71 bits per heavy atom. The summed E-state index contributed by atoms with van der Waals surface area (Å²) >= 11 is 1.17. The Morgan fingerprint density at radius 3 is 2.29 bits per heavy atom. The molecule has 0 bridgehead atoms. The van der Waals surface area contributed by atoms with Crippen LogP contribution in [0, 0.1) is 5.41 Å². The van der Waals surface area contributed by atoms with Crippen molar-refractivity contribution in [1.29, 1.82) is 0 Å². The summed E-state index contributed by atoms with van der Waals surface area (Å²) in [5.41, 5.74) is -0.764. The van der Waals surface area contributed by atoms with E-state index in [2.05, 4.69) is 5.32 Å². The van der Waals surface area contributed by atoms with E-state index < -0.39 is 42.9 Å². The zero-order valence-electron chi connectivity index (χ0n) is 20.0. The Labute approximate surface area is 208 Å². The minimum absolute atomic E-state index is 0.000213. The standard InChI is InChI=1S/C23H33N2O8PS/c1-23(2,3)22(30)24-17(20(26)27)14-35-19-16-10-7-6-9-15(16)13-25(19)18(21(28)29)11-5-4-8-12-34(31,32)33/h6-7,9-10,13,17-18H,4-5,8,11-12,14H2,1-3H3,(H,24,30)(H,26,27)(H,28,29)(H2,31,32,33)/t17-,18?/m0/s1. The summed E-state index contributed by atoms with van der Waals surface area (Å²) in [6.45, 7) is 5.05. The van der Waals surface area contributed by atoms with E-state index in [0.29, 0.717) is 24.3 Å². The van der Waals surface area contributed by atoms with Crippen LogP contribution in [-0.4, -0.2) is 60.4 Å². The van der Waals surface area contributed by atoms with E-state index in [4.69, 9.17) is 9.79 Å². The van der Waals surface area contributed by atoms with Crippen molar-refractivity contribution in [3.05, 3.63) is 30.5 Å². The van der Waals surface area contributed by atoms with Crippen molar-refractivity contribution in [2.75, 3.05) is 11.9 Å². The van der Waals surface area contributed by atoms with Gasteiger partial charge in [0.1, 0.15) is 12.1 Å². The number of amides is 1. The number of hydrogen-bond donors (Lipinski definition) is 5. The molecular weight excluding hydrogens is 495 g/mol. The summed E-state index contributed by atoms with van der Waals surface area (Å²) in [6.07, 6.45) is 2.94. The second-order valence-corrected chi connectivity index (χ2v) is 12.2. The second-order valence-electron chi connectivity index (χ2n) is 9.45. The molecule has 1 unspecified atom stereocenters. The van der Waals surface area contributed by atoms with Crippen LogP contribution >= 0.6 is 19.4 Å². The number of aromatic nitrogens is 1. The molecule has 0 radical (unpaired) electrons. The van der Waals surface area contributed by atoms with Crippen molar-refractivity contribution in [2.24, 2.45) is 5.41 Å². The van der Waals surface area contributed by atoms with Crippen molar-refractivity contribution < 1.29 is 38.9 Å². The van der Waals surface area contributed by atoms with Crippen molar-refractivity contribution in [3.63, 3.8) is 0 Å². The molecule has 35 heavy (non-hydrogen) atoms. The van der Waals surface area contributed by atoms with Gasteiger partial charge < -0.3 is 29.9 Å². The summed E-state index contributed by atoms with van der Waals surface area (Å²) in [5.74, 6) is -2.64. The highest BCUT2D eigenvalue weighted by Crippen LogP contribution is 2.37. The monoisotopic (exact) mass is 528 g/mol. The Balaban J connectivity index is 2.25. The molecule has 0 aliphatic heterocycles. The molecular formula is C23H33N2O8PS. The predicted octanol–water partition coefficient (Wildman–Crippen LogP) is 3.71. The lowest BCUT2D eigenvalue weighted by Gasteiger charge is -2.22. The van der Waals surface area contributed by atoms with E-state index in [0.717, 1.165) is 10.8 Å². The third-order valence-electron chi connectivity index (χ3n) is 5.42. The smallest absolute Gasteiger partial charge is 0.327 e. The van der Waals surface area contributed by atoms with Gasteiger partial charge in [-0.25, -0.2) is 9.59 Å². The van der Waals surface area contributed by atoms with Crippen molar-refractivity contribution >= 4 is 48.0 Å². The normalized spacial score (nSPS) is 14.0. The van der Waals surface area contributed by atoms with Crippen LogP contribution in [0.2, 0.25) is 0 Å². The molecule has 1 amide bonds. The van der Waals surface area contributed by atoms with Gasteiger partial charge in [-0.3, -0.25) is 9.36 Å². The van der Waals surface area contributed by atoms with Crippen LogP contribution in [0.15, 0.2) is 35.5 Å². The van der Waals surface area contributed by atoms with Crippen LogP contribution in [0.4, 0.5) is 0 Å². The fourth-order valence-electron chi connectivity index (χ4n) is 3.46. The van der Waals surface area contributed by atoms with Gasteiger partial charge in [0, 0.05) is 34.3 Å². The van der Waals surface area contributed by atoms with Crippen molar-refractivity contribution in [3.8, 4) is 0 Å². The molecule has 1 heterocycles. The number of carbonyl (C=O) groups is 3. The average Bonchev–Trinajstić information content (AvgIpc) is 3.09. The molecule has 0 spiro atoms. The van der Waals surface area contributed by atoms with Crippen LogP contribution in [0.1, 0.15) is 52.5 Å². The summed E-state index contributed by atoms with van der Waals surface area (Å²) in [5, 5.41) is 24.3. The SMILES string of the molecule is CC(C)(C)C(=O)N[C@@H](CSc1c2ccccc2cn1C(CCCCCP(=O)(O)O)C(=O)O)C(=O)O. The van der Waals surface area contributed by atoms with E-state index in [1.54, 1.807) is 31.5 Å². The number of fused-ring (bicyclic) bond motifs is 1. The highest BCUT2D eigenvalue weighted by molar-refractivity contribution is 7.99. The zero-order valence-corrected chi connectivity index (χ0v) is 21.7. The Morgan fingerprint density at radius 1 is 1.06 bits per heavy atom. The third-order valence-corrected chi connectivity index (χ3v) is 7.53. The molecule has 2 atom stereocenters. The molecule has 10 nitrogen and oxygen atoms in total. The average molecular weight is 529 g/mol. The van der Waals surface area contributed by atoms with Gasteiger partial charge in [0.25, 0.3) is 0 Å². The molecule has 1 aromatic heterocycles. The first-order valence-corrected chi connectivity index (χ1v) is 14.0. The van der Waals surface area contributed by atoms with E-state index >= 15 is 0 Å². The van der Waals surface area contributed by atoms with Crippen LogP contribution in [0.5, 0.6) is 0 Å². The maximum absolute atomic E-state index is 12.3. The van der Waals surface area contributed by atoms with Crippen molar-refractivity contribution in [2.45, 2.75) is 63.6 Å². The molecule has 12 heteroatoms. The lowest BCUT2D eigenvalue weighted by molar-refractivity contribution is -0.142. The molecule has 2 aromatic rings. The number of carbonyl (C=O) groups excluding carboxylic acids is 1. The summed E-state index contributed by atoms with van der Waals surface area (Å²) in [7, 11) is -4.08. The Hall–Kier alpha value is -2.33. The first-order chi connectivity index (χ1) is 16.2. The summed E-state index contributed by atoms with van der Waals surface area (Å²) in [6, 6.07) is 5.20. The van der Waals surface area contributed by atoms with E-state index in [-0.39, 0.29) is 18.3 Å². The lowest BCUT2D eigenvalue weighted by Crippen LogP contribution is -2.47. The number of aliphatic carboxylic acids is 2. The number of carboxylic acid groups (broad SMARTS) is 2. The number of rotatable bonds is 13. The van der Waals surface area contributed by atoms with E-state index in [1.807, 2.05) is 24.3 Å². The summed E-state index contributed by atoms with van der Waals surface area (Å²) < 4.78 is 12.6. The van der Waals surface area contributed by atoms with Crippen LogP contribution in [0.25, 0.3) is 10.8 Å². The molecule has 0 fully saturated rings. The van der Waals surface area contributed by atoms with Crippen molar-refractivity contribution in [1.82, 2.24) is 9.88 Å². The van der Waals surface area contributed by atoms with E-state index in [1.165, 1.54) is 11.8 Å². The van der Waals surface area contributed by atoms with Gasteiger partial charge in [-0.05, 0) is 12.8 Å². The lowest BCUT2D eigenvalue weighted by atomic mass is 9.95. The molecule has 0 saturated heterocycles. The first-order valence-electron chi connectivity index (χ1n) is 11.2. The molecule has 2 rings (SSSR count). The molecule has 0 aliphatic rings. The molecule has 0 saturated carbocycles. The maximum Gasteiger partial charge on any atom is 0.327 e. The highest BCUT2D eigenvalue weighted by Gasteiger charge is 2.29. The quantitative estimate of drug-likeness (QED) is 0.148. The van der Waals surface area contributed by atoms with Gasteiger partial charge >= 0.3 is 19.5 Å². The summed E-state index contributed by atoms with van der Waals surface area (Å²) in [4.78, 5) is 54.3. The van der Waals surface area contributed by atoms with Gasteiger partial charge in [-0.15, -0.1) is 11.8 Å². The minimum atomic E-state index is -4.08. The third kappa shape index (κ3) is 8.68. The Kier molecular flexibility index (Phi) is 9.97.